The van der Waals surface area contributed by atoms with Crippen LogP contribution in [-0.2, 0) is 0 Å². The van der Waals surface area contributed by atoms with Crippen molar-refractivity contribution in [2.24, 2.45) is 0 Å². The van der Waals surface area contributed by atoms with Crippen LogP contribution in [0.3, 0.4) is 0 Å². The van der Waals surface area contributed by atoms with E-state index in [1.807, 2.05) is 18.2 Å². The van der Waals surface area contributed by atoms with E-state index in [2.05, 4.69) is 54.6 Å². The van der Waals surface area contributed by atoms with Crippen molar-refractivity contribution in [3.8, 4) is 0 Å². The first kappa shape index (κ1) is 14.1. The number of hydrogen-bond acceptors (Lipinski definition) is 0. The Balaban J connectivity index is 2.18. The average Bonchev–Trinajstić information content (AvgIpc) is 2.60. The van der Waals surface area contributed by atoms with Crippen molar-refractivity contribution in [3.63, 3.8) is 0 Å². The third-order valence-electron chi connectivity index (χ3n) is 4.73. The Bertz CT molecular complexity index is 1270. The minimum Gasteiger partial charge on any atom is -0.0843 e. The monoisotopic (exact) mass is 346 g/mol. The summed E-state index contributed by atoms with van der Waals surface area (Å²) in [5, 5.41) is 11.0. The van der Waals surface area contributed by atoms with Crippen molar-refractivity contribution < 1.29 is 0 Å². The molecule has 0 heterocycles. The van der Waals surface area contributed by atoms with Crippen LogP contribution in [0.1, 0.15) is 0 Å². The van der Waals surface area contributed by atoms with Gasteiger partial charge >= 0.3 is 0 Å². The van der Waals surface area contributed by atoms with E-state index in [0.29, 0.717) is 0 Å². The average molecular weight is 347 g/mol. The molecule has 0 bridgehead atoms. The molecule has 0 aliphatic carbocycles. The van der Waals surface area contributed by atoms with Crippen LogP contribution in [-0.4, -0.2) is 0 Å². The summed E-state index contributed by atoms with van der Waals surface area (Å²) in [7, 11) is 0. The second kappa shape index (κ2) is 5.11. The van der Waals surface area contributed by atoms with Crippen molar-refractivity contribution in [2.75, 3.05) is 0 Å². The van der Waals surface area contributed by atoms with Crippen molar-refractivity contribution in [1.29, 1.82) is 0 Å². The van der Waals surface area contributed by atoms with E-state index in [0.717, 1.165) is 20.8 Å². The third-order valence-corrected chi connectivity index (χ3v) is 5.28. The van der Waals surface area contributed by atoms with Gasteiger partial charge in [0.05, 0.1) is 0 Å². The largest absolute Gasteiger partial charge is 0.0843 e. The Morgan fingerprint density at radius 3 is 2.12 bits per heavy atom. The standard InChI is InChI=1S/C22H12Cl2/c23-16-8-10-18-15(11-16)12-20(24)19-9-7-14-6-5-13-3-1-2-4-17(13)21(14)22(18)19/h1-12H. The van der Waals surface area contributed by atoms with E-state index in [4.69, 9.17) is 23.2 Å². The number of fused-ring (bicyclic) bond motifs is 7. The van der Waals surface area contributed by atoms with Gasteiger partial charge in [-0.05, 0) is 55.9 Å². The lowest BCUT2D eigenvalue weighted by Gasteiger charge is -2.12. The fourth-order valence-corrected chi connectivity index (χ4v) is 4.13. The molecule has 0 atom stereocenters. The first-order valence-electron chi connectivity index (χ1n) is 7.84. The van der Waals surface area contributed by atoms with Crippen LogP contribution in [0.15, 0.2) is 72.8 Å². The third kappa shape index (κ3) is 1.94. The zero-order valence-electron chi connectivity index (χ0n) is 12.7. The molecule has 0 aliphatic rings. The van der Waals surface area contributed by atoms with E-state index in [1.54, 1.807) is 0 Å². The lowest BCUT2D eigenvalue weighted by atomic mass is 9.93. The molecular weight excluding hydrogens is 335 g/mol. The van der Waals surface area contributed by atoms with Gasteiger partial charge in [-0.25, -0.2) is 0 Å². The van der Waals surface area contributed by atoms with Gasteiger partial charge in [-0.15, -0.1) is 0 Å². The van der Waals surface area contributed by atoms with Crippen LogP contribution < -0.4 is 0 Å². The summed E-state index contributed by atoms with van der Waals surface area (Å²) in [5.41, 5.74) is 0. The van der Waals surface area contributed by atoms with Crippen molar-refractivity contribution in [2.45, 2.75) is 0 Å². The molecule has 0 nitrogen and oxygen atoms in total. The number of halogens is 2. The quantitative estimate of drug-likeness (QED) is 0.253. The summed E-state index contributed by atoms with van der Waals surface area (Å²) in [5.74, 6) is 0. The van der Waals surface area contributed by atoms with Crippen LogP contribution in [0.2, 0.25) is 10.0 Å². The van der Waals surface area contributed by atoms with Crippen molar-refractivity contribution in [1.82, 2.24) is 0 Å². The Kier molecular flexibility index (Phi) is 3.00. The van der Waals surface area contributed by atoms with E-state index >= 15 is 0 Å². The fraction of sp³-hybridized carbons (Fsp3) is 0. The molecule has 114 valence electrons. The predicted molar refractivity (Wildman–Crippen MR) is 106 cm³/mol. The normalized spacial score (nSPS) is 11.8. The minimum atomic E-state index is 0.725. The highest BCUT2D eigenvalue weighted by atomic mass is 35.5. The molecule has 0 radical (unpaired) electrons. The maximum absolute atomic E-state index is 6.60. The Hall–Kier alpha value is -2.28. The lowest BCUT2D eigenvalue weighted by molar-refractivity contribution is 1.77. The summed E-state index contributed by atoms with van der Waals surface area (Å²) in [4.78, 5) is 0. The van der Waals surface area contributed by atoms with Gasteiger partial charge in [0.2, 0.25) is 0 Å². The number of hydrogen-bond donors (Lipinski definition) is 0. The van der Waals surface area contributed by atoms with Gasteiger partial charge in [0.25, 0.3) is 0 Å². The SMILES string of the molecule is Clc1ccc2c(c1)cc(Cl)c1ccc3ccc4ccccc4c3c12. The molecule has 0 unspecified atom stereocenters. The van der Waals surface area contributed by atoms with Gasteiger partial charge in [-0.1, -0.05) is 77.8 Å². The Morgan fingerprint density at radius 1 is 0.500 bits per heavy atom. The Labute approximate surface area is 149 Å². The second-order valence-corrected chi connectivity index (χ2v) is 6.94. The maximum Gasteiger partial charge on any atom is 0.0491 e. The fourth-order valence-electron chi connectivity index (χ4n) is 3.67. The zero-order valence-corrected chi connectivity index (χ0v) is 14.2. The maximum atomic E-state index is 6.60. The molecule has 0 aromatic heterocycles. The van der Waals surface area contributed by atoms with E-state index in [9.17, 15) is 0 Å². The van der Waals surface area contributed by atoms with E-state index in [1.165, 1.54) is 32.3 Å². The Morgan fingerprint density at radius 2 is 1.21 bits per heavy atom. The first-order valence-corrected chi connectivity index (χ1v) is 8.60. The zero-order chi connectivity index (χ0) is 16.3. The summed E-state index contributed by atoms with van der Waals surface area (Å²) < 4.78 is 0. The molecular formula is C22H12Cl2. The van der Waals surface area contributed by atoms with Crippen LogP contribution in [0.5, 0.6) is 0 Å². The highest BCUT2D eigenvalue weighted by Crippen LogP contribution is 2.40. The molecule has 5 aromatic carbocycles. The molecule has 0 amide bonds. The van der Waals surface area contributed by atoms with Crippen LogP contribution in [0.25, 0.3) is 43.1 Å². The van der Waals surface area contributed by atoms with E-state index < -0.39 is 0 Å². The summed E-state index contributed by atoms with van der Waals surface area (Å²) in [6.07, 6.45) is 0. The van der Waals surface area contributed by atoms with Gasteiger partial charge in [0.1, 0.15) is 0 Å². The second-order valence-electron chi connectivity index (χ2n) is 6.10. The molecule has 0 N–H and O–H groups in total. The summed E-state index contributed by atoms with van der Waals surface area (Å²) in [6.45, 7) is 0. The highest BCUT2D eigenvalue weighted by molar-refractivity contribution is 6.41. The molecule has 0 fully saturated rings. The van der Waals surface area contributed by atoms with Crippen LogP contribution >= 0.6 is 23.2 Å². The van der Waals surface area contributed by atoms with Gasteiger partial charge in [0.15, 0.2) is 0 Å². The lowest BCUT2D eigenvalue weighted by Crippen LogP contribution is -1.85. The highest BCUT2D eigenvalue weighted by Gasteiger charge is 2.11. The van der Waals surface area contributed by atoms with Gasteiger partial charge in [-0.2, -0.15) is 0 Å². The smallest absolute Gasteiger partial charge is 0.0491 e. The predicted octanol–water partition coefficient (Wildman–Crippen LogP) is 7.61. The molecule has 2 heteroatoms. The molecule has 24 heavy (non-hydrogen) atoms. The van der Waals surface area contributed by atoms with Crippen molar-refractivity contribution in [3.05, 3.63) is 82.8 Å². The molecule has 0 spiro atoms. The van der Waals surface area contributed by atoms with Crippen LogP contribution in [0.4, 0.5) is 0 Å². The number of rotatable bonds is 0. The van der Waals surface area contributed by atoms with Crippen LogP contribution in [0, 0.1) is 0 Å². The summed E-state index contributed by atoms with van der Waals surface area (Å²) >= 11 is 12.8. The minimum absolute atomic E-state index is 0.725. The molecule has 0 saturated heterocycles. The van der Waals surface area contributed by atoms with Gasteiger partial charge in [0, 0.05) is 15.4 Å². The van der Waals surface area contributed by atoms with Gasteiger partial charge < -0.3 is 0 Å². The first-order chi connectivity index (χ1) is 11.7. The molecule has 5 aromatic rings. The summed E-state index contributed by atoms with van der Waals surface area (Å²) in [6, 6.07) is 25.1. The topological polar surface area (TPSA) is 0 Å². The van der Waals surface area contributed by atoms with E-state index in [-0.39, 0.29) is 0 Å². The van der Waals surface area contributed by atoms with Gasteiger partial charge in [-0.3, -0.25) is 0 Å². The molecule has 0 aliphatic heterocycles. The van der Waals surface area contributed by atoms with Crippen molar-refractivity contribution >= 4 is 66.3 Å². The number of benzene rings is 5. The molecule has 0 saturated carbocycles. The molecule has 5 rings (SSSR count).